The SMILES string of the molecule is CCCCCN(C(=O)C(Cc1ccc(O)cc1)NC(=O)OC(C)(C)C)C(C(=O)NC1CCCCC1)c1cccc(C)c1C. The molecule has 3 rings (SSSR count). The second kappa shape index (κ2) is 15.8. The summed E-state index contributed by atoms with van der Waals surface area (Å²) in [6, 6.07) is 10.7. The van der Waals surface area contributed by atoms with Gasteiger partial charge < -0.3 is 25.4 Å². The summed E-state index contributed by atoms with van der Waals surface area (Å²) in [4.78, 5) is 43.6. The lowest BCUT2D eigenvalue weighted by atomic mass is 9.92. The fourth-order valence-electron chi connectivity index (χ4n) is 5.66. The molecule has 0 radical (unpaired) electrons. The Bertz CT molecular complexity index is 1210. The van der Waals surface area contributed by atoms with Crippen LogP contribution in [0.3, 0.4) is 0 Å². The minimum absolute atomic E-state index is 0.0779. The van der Waals surface area contributed by atoms with E-state index in [2.05, 4.69) is 17.6 Å². The number of nitrogens with one attached hydrogen (secondary N) is 2. The largest absolute Gasteiger partial charge is 0.508 e. The van der Waals surface area contributed by atoms with Gasteiger partial charge in [0.25, 0.3) is 0 Å². The first-order chi connectivity index (χ1) is 20.4. The lowest BCUT2D eigenvalue weighted by Crippen LogP contribution is -2.55. The molecule has 3 N–H and O–H groups in total. The molecule has 0 aromatic heterocycles. The number of carbonyl (C=O) groups excluding carboxylic acids is 3. The fourth-order valence-corrected chi connectivity index (χ4v) is 5.66. The molecule has 0 aliphatic heterocycles. The molecule has 43 heavy (non-hydrogen) atoms. The first-order valence-electron chi connectivity index (χ1n) is 15.8. The van der Waals surface area contributed by atoms with E-state index in [9.17, 15) is 19.5 Å². The summed E-state index contributed by atoms with van der Waals surface area (Å²) < 4.78 is 5.54. The number of unbranched alkanes of at least 4 members (excludes halogenated alkanes) is 2. The van der Waals surface area contributed by atoms with Gasteiger partial charge >= 0.3 is 6.09 Å². The Balaban J connectivity index is 2.06. The number of phenols is 1. The third-order valence-corrected chi connectivity index (χ3v) is 8.10. The van der Waals surface area contributed by atoms with Crippen molar-refractivity contribution in [3.63, 3.8) is 0 Å². The molecule has 0 saturated heterocycles. The topological polar surface area (TPSA) is 108 Å². The van der Waals surface area contributed by atoms with Gasteiger partial charge in [0.15, 0.2) is 0 Å². The van der Waals surface area contributed by atoms with E-state index < -0.39 is 23.8 Å². The number of aryl methyl sites for hydroxylation is 1. The molecule has 8 heteroatoms. The number of carbonyl (C=O) groups is 3. The van der Waals surface area contributed by atoms with Crippen LogP contribution in [0, 0.1) is 13.8 Å². The highest BCUT2D eigenvalue weighted by atomic mass is 16.6. The van der Waals surface area contributed by atoms with Gasteiger partial charge in [0.1, 0.15) is 23.4 Å². The average molecular weight is 594 g/mol. The normalized spacial score (nSPS) is 15.3. The van der Waals surface area contributed by atoms with E-state index in [4.69, 9.17) is 4.74 Å². The third-order valence-electron chi connectivity index (χ3n) is 8.10. The number of aromatic hydroxyl groups is 1. The van der Waals surface area contributed by atoms with Gasteiger partial charge in [-0.05, 0) is 88.3 Å². The van der Waals surface area contributed by atoms with Crippen molar-refractivity contribution in [3.8, 4) is 5.75 Å². The molecule has 1 aliphatic carbocycles. The van der Waals surface area contributed by atoms with Crippen LogP contribution < -0.4 is 10.6 Å². The third kappa shape index (κ3) is 10.3. The average Bonchev–Trinajstić information content (AvgIpc) is 2.94. The number of phenolic OH excluding ortho intramolecular Hbond substituents is 1. The molecule has 0 heterocycles. The fraction of sp³-hybridized carbons (Fsp3) is 0.571. The van der Waals surface area contributed by atoms with Gasteiger partial charge in [-0.3, -0.25) is 9.59 Å². The smallest absolute Gasteiger partial charge is 0.408 e. The first kappa shape index (κ1) is 33.9. The van der Waals surface area contributed by atoms with E-state index in [-0.39, 0.29) is 30.0 Å². The Kier molecular flexibility index (Phi) is 12.5. The number of rotatable bonds is 12. The molecule has 8 nitrogen and oxygen atoms in total. The summed E-state index contributed by atoms with van der Waals surface area (Å²) >= 11 is 0. The van der Waals surface area contributed by atoms with Crippen LogP contribution in [-0.2, 0) is 20.7 Å². The minimum Gasteiger partial charge on any atom is -0.508 e. The van der Waals surface area contributed by atoms with Crippen LogP contribution in [0.1, 0.15) is 107 Å². The van der Waals surface area contributed by atoms with Crippen molar-refractivity contribution in [2.24, 2.45) is 0 Å². The van der Waals surface area contributed by atoms with E-state index in [1.807, 2.05) is 32.0 Å². The van der Waals surface area contributed by atoms with Crippen LogP contribution in [0.25, 0.3) is 0 Å². The van der Waals surface area contributed by atoms with Crippen molar-refractivity contribution >= 4 is 17.9 Å². The lowest BCUT2D eigenvalue weighted by Gasteiger charge is -2.36. The standard InChI is InChI=1S/C35H51N3O5/c1-7-8-12-22-38(31(29-17-13-14-24(2)25(29)3)32(40)36-27-15-10-9-11-16-27)33(41)30(37-34(42)43-35(4,5)6)23-26-18-20-28(39)21-19-26/h13-14,17-21,27,30-31,39H,7-12,15-16,22-23H2,1-6H3,(H,36,40)(H,37,42). The van der Waals surface area contributed by atoms with Crippen LogP contribution in [-0.4, -0.2) is 52.1 Å². The number of hydrogen-bond donors (Lipinski definition) is 3. The molecule has 0 spiro atoms. The molecular weight excluding hydrogens is 542 g/mol. The molecule has 2 aromatic carbocycles. The van der Waals surface area contributed by atoms with Gasteiger partial charge in [0.2, 0.25) is 11.8 Å². The Hall–Kier alpha value is -3.55. The molecule has 236 valence electrons. The maximum absolute atomic E-state index is 14.6. The van der Waals surface area contributed by atoms with Crippen LogP contribution in [0.15, 0.2) is 42.5 Å². The predicted octanol–water partition coefficient (Wildman–Crippen LogP) is 6.65. The molecule has 2 atom stereocenters. The zero-order chi connectivity index (χ0) is 31.6. The predicted molar refractivity (Wildman–Crippen MR) is 170 cm³/mol. The Morgan fingerprint density at radius 1 is 1.00 bits per heavy atom. The maximum Gasteiger partial charge on any atom is 0.408 e. The monoisotopic (exact) mass is 593 g/mol. The van der Waals surface area contributed by atoms with E-state index in [0.717, 1.165) is 67.2 Å². The van der Waals surface area contributed by atoms with Crippen LogP contribution in [0.5, 0.6) is 5.75 Å². The van der Waals surface area contributed by atoms with E-state index >= 15 is 0 Å². The molecule has 3 amide bonds. The van der Waals surface area contributed by atoms with Gasteiger partial charge in [0.05, 0.1) is 0 Å². The van der Waals surface area contributed by atoms with Crippen LogP contribution >= 0.6 is 0 Å². The summed E-state index contributed by atoms with van der Waals surface area (Å²) in [5.74, 6) is -0.423. The van der Waals surface area contributed by atoms with Gasteiger partial charge in [-0.2, -0.15) is 0 Å². The van der Waals surface area contributed by atoms with Crippen molar-refractivity contribution < 1.29 is 24.2 Å². The number of benzene rings is 2. The molecule has 1 aliphatic rings. The summed E-state index contributed by atoms with van der Waals surface area (Å²) in [6.45, 7) is 11.8. The maximum atomic E-state index is 14.6. The van der Waals surface area contributed by atoms with Gasteiger partial charge in [-0.15, -0.1) is 0 Å². The number of hydrogen-bond acceptors (Lipinski definition) is 5. The molecule has 1 saturated carbocycles. The Morgan fingerprint density at radius 3 is 2.30 bits per heavy atom. The lowest BCUT2D eigenvalue weighted by molar-refractivity contribution is -0.143. The van der Waals surface area contributed by atoms with E-state index in [1.54, 1.807) is 49.9 Å². The van der Waals surface area contributed by atoms with Crippen molar-refractivity contribution in [3.05, 3.63) is 64.7 Å². The van der Waals surface area contributed by atoms with Crippen molar-refractivity contribution in [1.82, 2.24) is 15.5 Å². The van der Waals surface area contributed by atoms with Gasteiger partial charge in [-0.1, -0.05) is 69.4 Å². The molecule has 2 aromatic rings. The number of ether oxygens (including phenoxy) is 1. The second-order valence-electron chi connectivity index (χ2n) is 12.8. The summed E-state index contributed by atoms with van der Waals surface area (Å²) in [6.07, 6.45) is 7.23. The van der Waals surface area contributed by atoms with Crippen LogP contribution in [0.4, 0.5) is 4.79 Å². The second-order valence-corrected chi connectivity index (χ2v) is 12.8. The Labute approximate surface area is 257 Å². The molecule has 2 unspecified atom stereocenters. The number of amides is 3. The molecule has 0 bridgehead atoms. The highest BCUT2D eigenvalue weighted by Gasteiger charge is 2.37. The van der Waals surface area contributed by atoms with Crippen LogP contribution in [0.2, 0.25) is 0 Å². The highest BCUT2D eigenvalue weighted by Crippen LogP contribution is 2.29. The minimum atomic E-state index is -0.990. The zero-order valence-electron chi connectivity index (χ0n) is 26.9. The molecule has 1 fully saturated rings. The first-order valence-corrected chi connectivity index (χ1v) is 15.8. The zero-order valence-corrected chi connectivity index (χ0v) is 26.9. The quantitative estimate of drug-likeness (QED) is 0.239. The van der Waals surface area contributed by atoms with Crippen molar-refractivity contribution in [2.45, 2.75) is 123 Å². The van der Waals surface area contributed by atoms with Gasteiger partial charge in [-0.25, -0.2) is 4.79 Å². The summed E-state index contributed by atoms with van der Waals surface area (Å²) in [5, 5.41) is 15.9. The number of alkyl carbamates (subject to hydrolysis) is 1. The summed E-state index contributed by atoms with van der Waals surface area (Å²) in [7, 11) is 0. The van der Waals surface area contributed by atoms with E-state index in [1.165, 1.54) is 6.42 Å². The molecular formula is C35H51N3O5. The van der Waals surface area contributed by atoms with E-state index in [0.29, 0.717) is 6.54 Å². The van der Waals surface area contributed by atoms with Crippen molar-refractivity contribution in [1.29, 1.82) is 0 Å². The number of nitrogens with zero attached hydrogens (tertiary/aromatic N) is 1. The summed E-state index contributed by atoms with van der Waals surface area (Å²) in [5.41, 5.74) is 2.81. The van der Waals surface area contributed by atoms with Gasteiger partial charge in [0, 0.05) is 19.0 Å². The van der Waals surface area contributed by atoms with Crippen molar-refractivity contribution in [2.75, 3.05) is 6.54 Å². The Morgan fingerprint density at radius 2 is 1.67 bits per heavy atom. The highest BCUT2D eigenvalue weighted by molar-refractivity contribution is 5.92.